The number of hydrogen-bond donors (Lipinski definition) is 1. The number of fused-ring (bicyclic) bond motifs is 1. The Morgan fingerprint density at radius 1 is 1.10 bits per heavy atom. The van der Waals surface area contributed by atoms with Crippen LogP contribution in [0, 0.1) is 0 Å². The number of methoxy groups -OCH3 is 1. The highest BCUT2D eigenvalue weighted by Crippen LogP contribution is 2.34. The van der Waals surface area contributed by atoms with Crippen LogP contribution >= 0.6 is 0 Å². The number of benzene rings is 2. The summed E-state index contributed by atoms with van der Waals surface area (Å²) in [5.41, 5.74) is 0.241. The number of carbonyl (C=O) groups is 1. The van der Waals surface area contributed by atoms with Gasteiger partial charge in [-0.25, -0.2) is 8.42 Å². The molecule has 1 aliphatic rings. The molecule has 2 aromatic carbocycles. The summed E-state index contributed by atoms with van der Waals surface area (Å²) in [7, 11) is -2.24. The van der Waals surface area contributed by atoms with Crippen LogP contribution in [0.15, 0.2) is 47.4 Å². The van der Waals surface area contributed by atoms with E-state index in [0.29, 0.717) is 30.3 Å². The fourth-order valence-corrected chi connectivity index (χ4v) is 4.75. The van der Waals surface area contributed by atoms with Crippen LogP contribution < -0.4 is 19.5 Å². The predicted octanol–water partition coefficient (Wildman–Crippen LogP) is 2.89. The van der Waals surface area contributed by atoms with Crippen molar-refractivity contribution in [3.05, 3.63) is 42.5 Å². The smallest absolute Gasteiger partial charge is 0.269 e. The first-order chi connectivity index (χ1) is 14.3. The molecule has 162 valence electrons. The second kappa shape index (κ2) is 8.93. The van der Waals surface area contributed by atoms with Crippen LogP contribution in [0.1, 0.15) is 20.8 Å². The van der Waals surface area contributed by atoms with Gasteiger partial charge in [0.05, 0.1) is 17.7 Å². The summed E-state index contributed by atoms with van der Waals surface area (Å²) < 4.78 is 43.9. The van der Waals surface area contributed by atoms with Crippen molar-refractivity contribution in [1.29, 1.82) is 0 Å². The standard InChI is InChI=1S/C21H26N2O6S/c1-5-23(6-2)30(25,26)15-11-12-17(27-4)16(13-15)22-21(24)20-14(3)28-18-9-7-8-10-19(18)29-20/h7-14,20H,5-6H2,1-4H3,(H,22,24). The highest BCUT2D eigenvalue weighted by molar-refractivity contribution is 7.89. The molecule has 2 unspecified atom stereocenters. The van der Waals surface area contributed by atoms with Crippen molar-refractivity contribution in [1.82, 2.24) is 4.31 Å². The normalized spacial score (nSPS) is 18.2. The Kier molecular flexibility index (Phi) is 6.52. The third kappa shape index (κ3) is 4.22. The summed E-state index contributed by atoms with van der Waals surface area (Å²) in [4.78, 5) is 13.0. The Morgan fingerprint density at radius 3 is 2.33 bits per heavy atom. The number of nitrogens with zero attached hydrogens (tertiary/aromatic N) is 1. The van der Waals surface area contributed by atoms with E-state index in [0.717, 1.165) is 0 Å². The van der Waals surface area contributed by atoms with Gasteiger partial charge in [-0.15, -0.1) is 0 Å². The first kappa shape index (κ1) is 21.9. The van der Waals surface area contributed by atoms with E-state index in [2.05, 4.69) is 5.32 Å². The highest BCUT2D eigenvalue weighted by atomic mass is 32.2. The summed E-state index contributed by atoms with van der Waals surface area (Å²) in [6.07, 6.45) is -1.44. The fraction of sp³-hybridized carbons (Fsp3) is 0.381. The zero-order chi connectivity index (χ0) is 21.9. The lowest BCUT2D eigenvalue weighted by molar-refractivity contribution is -0.128. The van der Waals surface area contributed by atoms with E-state index in [1.807, 2.05) is 6.07 Å². The van der Waals surface area contributed by atoms with Gasteiger partial charge in [-0.3, -0.25) is 4.79 Å². The van der Waals surface area contributed by atoms with Crippen molar-refractivity contribution >= 4 is 21.6 Å². The molecule has 1 heterocycles. The van der Waals surface area contributed by atoms with Crippen molar-refractivity contribution in [3.8, 4) is 17.2 Å². The van der Waals surface area contributed by atoms with Gasteiger partial charge in [0.25, 0.3) is 5.91 Å². The lowest BCUT2D eigenvalue weighted by Crippen LogP contribution is -2.46. The van der Waals surface area contributed by atoms with Gasteiger partial charge < -0.3 is 19.5 Å². The van der Waals surface area contributed by atoms with Crippen molar-refractivity contribution in [2.24, 2.45) is 0 Å². The molecule has 1 aliphatic heterocycles. The average molecular weight is 435 g/mol. The van der Waals surface area contributed by atoms with Crippen molar-refractivity contribution in [3.63, 3.8) is 0 Å². The predicted molar refractivity (Wildman–Crippen MR) is 113 cm³/mol. The first-order valence-corrected chi connectivity index (χ1v) is 11.2. The SMILES string of the molecule is CCN(CC)S(=O)(=O)c1ccc(OC)c(NC(=O)C2Oc3ccccc3OC2C)c1. The second-order valence-corrected chi connectivity index (χ2v) is 8.69. The molecule has 2 aromatic rings. The Hall–Kier alpha value is -2.78. The van der Waals surface area contributed by atoms with Gasteiger partial charge in [-0.1, -0.05) is 26.0 Å². The highest BCUT2D eigenvalue weighted by Gasteiger charge is 2.34. The number of ether oxygens (including phenoxy) is 3. The molecule has 0 spiro atoms. The largest absolute Gasteiger partial charge is 0.495 e. The second-order valence-electron chi connectivity index (χ2n) is 6.75. The fourth-order valence-electron chi connectivity index (χ4n) is 3.27. The molecule has 1 amide bonds. The molecule has 1 N–H and O–H groups in total. The number of anilines is 1. The number of rotatable bonds is 7. The minimum absolute atomic E-state index is 0.0708. The number of nitrogens with one attached hydrogen (secondary N) is 1. The molecule has 8 nitrogen and oxygen atoms in total. The summed E-state index contributed by atoms with van der Waals surface area (Å²) in [5.74, 6) is 0.916. The van der Waals surface area contributed by atoms with Gasteiger partial charge in [-0.05, 0) is 37.3 Å². The molecule has 0 radical (unpaired) electrons. The van der Waals surface area contributed by atoms with Crippen molar-refractivity contribution in [2.45, 2.75) is 37.9 Å². The van der Waals surface area contributed by atoms with Crippen LogP contribution in [0.3, 0.4) is 0 Å². The minimum atomic E-state index is -3.69. The molecule has 3 rings (SSSR count). The number of carbonyl (C=O) groups excluding carboxylic acids is 1. The van der Waals surface area contributed by atoms with Gasteiger partial charge in [-0.2, -0.15) is 4.31 Å². The Balaban J connectivity index is 1.88. The van der Waals surface area contributed by atoms with Crippen LogP contribution in [0.25, 0.3) is 0 Å². The monoisotopic (exact) mass is 434 g/mol. The third-order valence-corrected chi connectivity index (χ3v) is 6.92. The van der Waals surface area contributed by atoms with Gasteiger partial charge in [0.1, 0.15) is 11.9 Å². The van der Waals surface area contributed by atoms with Gasteiger partial charge in [0, 0.05) is 13.1 Å². The van der Waals surface area contributed by atoms with Crippen LogP contribution in [-0.4, -0.2) is 51.0 Å². The molecular formula is C21H26N2O6S. The van der Waals surface area contributed by atoms with Crippen LogP contribution in [0.4, 0.5) is 5.69 Å². The maximum atomic E-state index is 12.9. The zero-order valence-corrected chi connectivity index (χ0v) is 18.2. The quantitative estimate of drug-likeness (QED) is 0.720. The Labute approximate surface area is 176 Å². The first-order valence-electron chi connectivity index (χ1n) is 9.73. The lowest BCUT2D eigenvalue weighted by Gasteiger charge is -2.31. The number of para-hydroxylation sites is 2. The number of hydrogen-bond acceptors (Lipinski definition) is 6. The van der Waals surface area contributed by atoms with E-state index >= 15 is 0 Å². The summed E-state index contributed by atoms with van der Waals surface area (Å²) in [6, 6.07) is 11.5. The van der Waals surface area contributed by atoms with Crippen LogP contribution in [0.2, 0.25) is 0 Å². The van der Waals surface area contributed by atoms with Crippen LogP contribution in [0.5, 0.6) is 17.2 Å². The summed E-state index contributed by atoms with van der Waals surface area (Å²) in [6.45, 7) is 5.96. The van der Waals surface area contributed by atoms with E-state index in [1.54, 1.807) is 39.0 Å². The maximum Gasteiger partial charge on any atom is 0.269 e. The topological polar surface area (TPSA) is 94.2 Å². The molecule has 0 aliphatic carbocycles. The van der Waals surface area contributed by atoms with Gasteiger partial charge in [0.15, 0.2) is 11.5 Å². The molecule has 0 fully saturated rings. The van der Waals surface area contributed by atoms with Gasteiger partial charge in [0.2, 0.25) is 16.1 Å². The van der Waals surface area contributed by atoms with Crippen molar-refractivity contribution < 1.29 is 27.4 Å². The maximum absolute atomic E-state index is 12.9. The lowest BCUT2D eigenvalue weighted by atomic mass is 10.1. The average Bonchev–Trinajstić information content (AvgIpc) is 2.73. The summed E-state index contributed by atoms with van der Waals surface area (Å²) in [5, 5.41) is 2.73. The van der Waals surface area contributed by atoms with E-state index in [9.17, 15) is 13.2 Å². The molecule has 9 heteroatoms. The zero-order valence-electron chi connectivity index (χ0n) is 17.4. The number of amides is 1. The minimum Gasteiger partial charge on any atom is -0.495 e. The summed E-state index contributed by atoms with van der Waals surface area (Å²) >= 11 is 0. The molecule has 0 saturated carbocycles. The Bertz CT molecular complexity index is 1020. The molecule has 30 heavy (non-hydrogen) atoms. The van der Waals surface area contributed by atoms with Gasteiger partial charge >= 0.3 is 0 Å². The number of sulfonamides is 1. The molecule has 2 atom stereocenters. The molecule has 0 aromatic heterocycles. The van der Waals surface area contributed by atoms with E-state index < -0.39 is 28.1 Å². The molecular weight excluding hydrogens is 408 g/mol. The third-order valence-electron chi connectivity index (χ3n) is 4.87. The van der Waals surface area contributed by atoms with Crippen molar-refractivity contribution in [2.75, 3.05) is 25.5 Å². The van der Waals surface area contributed by atoms with E-state index in [4.69, 9.17) is 14.2 Å². The van der Waals surface area contributed by atoms with Crippen LogP contribution in [-0.2, 0) is 14.8 Å². The molecule has 0 bridgehead atoms. The van der Waals surface area contributed by atoms with E-state index in [-0.39, 0.29) is 10.6 Å². The molecule has 0 saturated heterocycles. The van der Waals surface area contributed by atoms with E-state index in [1.165, 1.54) is 29.6 Å². The Morgan fingerprint density at radius 2 is 1.73 bits per heavy atom.